The second kappa shape index (κ2) is 6.89. The van der Waals surface area contributed by atoms with Gasteiger partial charge in [0.05, 0.1) is 0 Å². The molecule has 0 radical (unpaired) electrons. The van der Waals surface area contributed by atoms with Gasteiger partial charge in [0.15, 0.2) is 0 Å². The highest BCUT2D eigenvalue weighted by Crippen LogP contribution is 2.05. The Balaban J connectivity index is 2.63. The van der Waals surface area contributed by atoms with Crippen LogP contribution in [0.25, 0.3) is 0 Å². The third-order valence-corrected chi connectivity index (χ3v) is 2.75. The van der Waals surface area contributed by atoms with Crippen molar-refractivity contribution < 1.29 is 9.90 Å². The minimum Gasteiger partial charge on any atom is -0.477 e. The quantitative estimate of drug-likeness (QED) is 0.741. The van der Waals surface area contributed by atoms with Crippen LogP contribution in [-0.2, 0) is 6.54 Å². The van der Waals surface area contributed by atoms with Gasteiger partial charge in [-0.15, -0.1) is 0 Å². The van der Waals surface area contributed by atoms with Crippen molar-refractivity contribution in [2.45, 2.75) is 45.6 Å². The van der Waals surface area contributed by atoms with Gasteiger partial charge in [0, 0.05) is 12.6 Å². The second-order valence-electron chi connectivity index (χ2n) is 4.12. The van der Waals surface area contributed by atoms with Crippen molar-refractivity contribution in [2.75, 3.05) is 0 Å². The first-order valence-corrected chi connectivity index (χ1v) is 6.10. The maximum atomic E-state index is 11.6. The smallest absolute Gasteiger partial charge is 0.352 e. The molecule has 0 fully saturated rings. The first-order valence-electron chi connectivity index (χ1n) is 6.10. The average molecular weight is 237 g/mol. The Hall–Kier alpha value is -1.58. The van der Waals surface area contributed by atoms with Crippen LogP contribution < -0.4 is 5.56 Å². The molecule has 0 aliphatic rings. The number of nitrogens with zero attached hydrogens (tertiary/aromatic N) is 1. The van der Waals surface area contributed by atoms with E-state index >= 15 is 0 Å². The maximum absolute atomic E-state index is 11.6. The molecule has 0 aromatic carbocycles. The lowest BCUT2D eigenvalue weighted by molar-refractivity contribution is 0.0683. The van der Waals surface area contributed by atoms with Crippen LogP contribution in [0.15, 0.2) is 23.0 Å². The van der Waals surface area contributed by atoms with Gasteiger partial charge in [0.2, 0.25) is 0 Å². The molecule has 0 saturated carbocycles. The minimum atomic E-state index is -1.05. The molecule has 0 spiro atoms. The third kappa shape index (κ3) is 4.06. The van der Waals surface area contributed by atoms with Crippen LogP contribution in [0.5, 0.6) is 0 Å². The lowest BCUT2D eigenvalue weighted by Crippen LogP contribution is -2.25. The highest BCUT2D eigenvalue weighted by atomic mass is 16.4. The Bertz CT molecular complexity index is 423. The zero-order valence-corrected chi connectivity index (χ0v) is 10.2. The number of aromatic nitrogens is 1. The molecule has 0 bridgehead atoms. The molecular formula is C13H19NO3. The fraction of sp³-hybridized carbons (Fsp3) is 0.538. The minimum absolute atomic E-state index is 0.0768. The molecule has 1 aromatic rings. The van der Waals surface area contributed by atoms with E-state index in [1.807, 2.05) is 0 Å². The highest BCUT2D eigenvalue weighted by Gasteiger charge is 2.09. The molecule has 4 heteroatoms. The largest absolute Gasteiger partial charge is 0.477 e. The highest BCUT2D eigenvalue weighted by molar-refractivity contribution is 5.85. The number of hydrogen-bond acceptors (Lipinski definition) is 2. The summed E-state index contributed by atoms with van der Waals surface area (Å²) >= 11 is 0. The summed E-state index contributed by atoms with van der Waals surface area (Å²) in [6.07, 6.45) is 5.39. The van der Waals surface area contributed by atoms with Crippen LogP contribution in [0.3, 0.4) is 0 Å². The van der Waals surface area contributed by atoms with E-state index in [-0.39, 0.29) is 11.3 Å². The summed E-state index contributed by atoms with van der Waals surface area (Å²) in [5.74, 6) is -1.05. The summed E-state index contributed by atoms with van der Waals surface area (Å²) < 4.78 is 1.34. The second-order valence-corrected chi connectivity index (χ2v) is 4.12. The van der Waals surface area contributed by atoms with Gasteiger partial charge in [-0.05, 0) is 12.5 Å². The van der Waals surface area contributed by atoms with E-state index in [0.29, 0.717) is 6.54 Å². The molecule has 0 aliphatic heterocycles. The first-order chi connectivity index (χ1) is 8.16. The number of hydrogen-bond donors (Lipinski definition) is 1. The fourth-order valence-corrected chi connectivity index (χ4v) is 1.81. The van der Waals surface area contributed by atoms with Crippen molar-refractivity contribution >= 4 is 5.97 Å². The monoisotopic (exact) mass is 237 g/mol. The number of unbranched alkanes of at least 4 members (excludes halogenated alkanes) is 4. The molecule has 4 nitrogen and oxygen atoms in total. The van der Waals surface area contributed by atoms with Crippen molar-refractivity contribution in [2.24, 2.45) is 0 Å². The predicted molar refractivity (Wildman–Crippen MR) is 66.4 cm³/mol. The third-order valence-electron chi connectivity index (χ3n) is 2.75. The van der Waals surface area contributed by atoms with Crippen molar-refractivity contribution in [1.82, 2.24) is 4.57 Å². The van der Waals surface area contributed by atoms with Crippen LogP contribution in [0, 0.1) is 0 Å². The summed E-state index contributed by atoms with van der Waals surface area (Å²) in [6.45, 7) is 2.63. The van der Waals surface area contributed by atoms with Gasteiger partial charge in [0.25, 0.3) is 5.56 Å². The standard InChI is InChI=1S/C13H19NO3/c1-2-3-4-5-6-10-14-11(13(16)17)8-7-9-12(14)15/h7-9H,2-6,10H2,1H3,(H,16,17). The molecule has 1 heterocycles. The number of pyridine rings is 1. The number of carbonyl (C=O) groups is 1. The zero-order valence-electron chi connectivity index (χ0n) is 10.2. The lowest BCUT2D eigenvalue weighted by Gasteiger charge is -2.08. The van der Waals surface area contributed by atoms with Gasteiger partial charge in [-0.25, -0.2) is 4.79 Å². The Kier molecular flexibility index (Phi) is 5.46. The summed E-state index contributed by atoms with van der Waals surface area (Å²) in [7, 11) is 0. The number of carboxylic acids is 1. The number of carboxylic acid groups (broad SMARTS) is 1. The molecule has 0 atom stereocenters. The summed E-state index contributed by atoms with van der Waals surface area (Å²) in [5.41, 5.74) is -0.159. The van der Waals surface area contributed by atoms with E-state index in [4.69, 9.17) is 5.11 Å². The van der Waals surface area contributed by atoms with E-state index < -0.39 is 5.97 Å². The Labute approximate surface area is 101 Å². The molecule has 0 amide bonds. The van der Waals surface area contributed by atoms with E-state index in [9.17, 15) is 9.59 Å². The normalized spacial score (nSPS) is 10.4. The van der Waals surface area contributed by atoms with Gasteiger partial charge >= 0.3 is 5.97 Å². The molecule has 1 N–H and O–H groups in total. The summed E-state index contributed by atoms with van der Waals surface area (Å²) in [5, 5.41) is 8.97. The van der Waals surface area contributed by atoms with E-state index in [2.05, 4.69) is 6.92 Å². The number of aromatic carboxylic acids is 1. The first kappa shape index (κ1) is 13.5. The topological polar surface area (TPSA) is 59.3 Å². The van der Waals surface area contributed by atoms with Crippen molar-refractivity contribution in [3.05, 3.63) is 34.2 Å². The summed E-state index contributed by atoms with van der Waals surface area (Å²) in [6, 6.07) is 4.35. The number of rotatable bonds is 7. The van der Waals surface area contributed by atoms with Crippen LogP contribution in [0.4, 0.5) is 0 Å². The van der Waals surface area contributed by atoms with E-state index in [1.54, 1.807) is 0 Å². The molecule has 17 heavy (non-hydrogen) atoms. The Morgan fingerprint density at radius 1 is 1.24 bits per heavy atom. The molecule has 1 aromatic heterocycles. The Morgan fingerprint density at radius 2 is 1.94 bits per heavy atom. The Morgan fingerprint density at radius 3 is 2.59 bits per heavy atom. The van der Waals surface area contributed by atoms with Crippen LogP contribution >= 0.6 is 0 Å². The van der Waals surface area contributed by atoms with Crippen molar-refractivity contribution in [1.29, 1.82) is 0 Å². The zero-order chi connectivity index (χ0) is 12.7. The molecule has 0 unspecified atom stereocenters. The SMILES string of the molecule is CCCCCCCn1c(C(=O)O)cccc1=O. The average Bonchev–Trinajstić information content (AvgIpc) is 2.30. The predicted octanol–water partition coefficient (Wildman–Crippen LogP) is 2.52. The van der Waals surface area contributed by atoms with Gasteiger partial charge in [-0.2, -0.15) is 0 Å². The van der Waals surface area contributed by atoms with Crippen LogP contribution in [0.1, 0.15) is 49.5 Å². The van der Waals surface area contributed by atoms with Crippen molar-refractivity contribution in [3.63, 3.8) is 0 Å². The van der Waals surface area contributed by atoms with Crippen LogP contribution in [-0.4, -0.2) is 15.6 Å². The lowest BCUT2D eigenvalue weighted by atomic mass is 10.1. The molecule has 0 aliphatic carbocycles. The van der Waals surface area contributed by atoms with Crippen LogP contribution in [0.2, 0.25) is 0 Å². The molecule has 0 saturated heterocycles. The van der Waals surface area contributed by atoms with Gasteiger partial charge < -0.3 is 9.67 Å². The van der Waals surface area contributed by atoms with Gasteiger partial charge in [0.1, 0.15) is 5.69 Å². The van der Waals surface area contributed by atoms with E-state index in [0.717, 1.165) is 19.3 Å². The van der Waals surface area contributed by atoms with Crippen molar-refractivity contribution in [3.8, 4) is 0 Å². The van der Waals surface area contributed by atoms with Gasteiger partial charge in [-0.1, -0.05) is 38.7 Å². The molecular weight excluding hydrogens is 218 g/mol. The molecule has 94 valence electrons. The van der Waals surface area contributed by atoms with Gasteiger partial charge in [-0.3, -0.25) is 4.79 Å². The maximum Gasteiger partial charge on any atom is 0.352 e. The van der Waals surface area contributed by atoms with E-state index in [1.165, 1.54) is 35.6 Å². The fourth-order valence-electron chi connectivity index (χ4n) is 1.81. The molecule has 1 rings (SSSR count). The summed E-state index contributed by atoms with van der Waals surface area (Å²) in [4.78, 5) is 22.5.